The van der Waals surface area contributed by atoms with Crippen molar-refractivity contribution in [3.8, 4) is 11.5 Å². The lowest BCUT2D eigenvalue weighted by molar-refractivity contribution is 0.0989. The SMILES string of the molecule is Nc1ccc2c(c1)CCN2C(=O)c1ccc(O)c(O)c1. The second kappa shape index (κ2) is 4.45. The van der Waals surface area contributed by atoms with Crippen molar-refractivity contribution in [2.75, 3.05) is 17.2 Å². The maximum absolute atomic E-state index is 12.5. The number of hydrogen-bond acceptors (Lipinski definition) is 4. The lowest BCUT2D eigenvalue weighted by atomic mass is 10.1. The van der Waals surface area contributed by atoms with E-state index in [9.17, 15) is 15.0 Å². The Balaban J connectivity index is 1.95. The van der Waals surface area contributed by atoms with Crippen molar-refractivity contribution < 1.29 is 15.0 Å². The molecule has 1 heterocycles. The van der Waals surface area contributed by atoms with Crippen molar-refractivity contribution in [3.63, 3.8) is 0 Å². The number of aromatic hydroxyl groups is 2. The fourth-order valence-electron chi connectivity index (χ4n) is 2.44. The van der Waals surface area contributed by atoms with Gasteiger partial charge in [0.15, 0.2) is 11.5 Å². The number of carbonyl (C=O) groups is 1. The molecule has 0 spiro atoms. The van der Waals surface area contributed by atoms with Gasteiger partial charge < -0.3 is 20.8 Å². The molecule has 0 saturated carbocycles. The minimum absolute atomic E-state index is 0.205. The van der Waals surface area contributed by atoms with Crippen molar-refractivity contribution in [3.05, 3.63) is 47.5 Å². The average Bonchev–Trinajstić information content (AvgIpc) is 2.84. The minimum atomic E-state index is -0.299. The number of nitrogens with zero attached hydrogens (tertiary/aromatic N) is 1. The summed E-state index contributed by atoms with van der Waals surface area (Å²) < 4.78 is 0. The van der Waals surface area contributed by atoms with E-state index in [0.717, 1.165) is 17.7 Å². The molecular weight excluding hydrogens is 256 g/mol. The van der Waals surface area contributed by atoms with Gasteiger partial charge in [0.25, 0.3) is 5.91 Å². The lowest BCUT2D eigenvalue weighted by Gasteiger charge is -2.17. The average molecular weight is 270 g/mol. The Morgan fingerprint density at radius 3 is 2.65 bits per heavy atom. The Morgan fingerprint density at radius 2 is 1.90 bits per heavy atom. The van der Waals surface area contributed by atoms with Crippen LogP contribution in [-0.4, -0.2) is 22.7 Å². The topological polar surface area (TPSA) is 86.8 Å². The van der Waals surface area contributed by atoms with E-state index in [-0.39, 0.29) is 17.4 Å². The van der Waals surface area contributed by atoms with E-state index in [2.05, 4.69) is 0 Å². The Bertz CT molecular complexity index is 698. The predicted octanol–water partition coefficient (Wildman–Crippen LogP) is 1.88. The molecule has 0 aromatic heterocycles. The van der Waals surface area contributed by atoms with Gasteiger partial charge in [-0.3, -0.25) is 4.79 Å². The second-order valence-electron chi connectivity index (χ2n) is 4.80. The number of carbonyl (C=O) groups excluding carboxylic acids is 1. The molecule has 5 heteroatoms. The van der Waals surface area contributed by atoms with Crippen molar-refractivity contribution >= 4 is 17.3 Å². The van der Waals surface area contributed by atoms with Gasteiger partial charge in [-0.1, -0.05) is 0 Å². The fourth-order valence-corrected chi connectivity index (χ4v) is 2.44. The summed E-state index contributed by atoms with van der Waals surface area (Å²) in [5.41, 5.74) is 8.64. The van der Waals surface area contributed by atoms with Crippen LogP contribution >= 0.6 is 0 Å². The third-order valence-electron chi connectivity index (χ3n) is 3.47. The molecule has 0 unspecified atom stereocenters. The molecule has 0 bridgehead atoms. The normalized spacial score (nSPS) is 13.3. The maximum atomic E-state index is 12.5. The Labute approximate surface area is 115 Å². The third-order valence-corrected chi connectivity index (χ3v) is 3.47. The molecule has 2 aromatic rings. The Kier molecular flexibility index (Phi) is 2.75. The summed E-state index contributed by atoms with van der Waals surface area (Å²) in [5, 5.41) is 18.8. The summed E-state index contributed by atoms with van der Waals surface area (Å²) in [5.74, 6) is -0.743. The molecule has 4 N–H and O–H groups in total. The van der Waals surface area contributed by atoms with Gasteiger partial charge in [0.1, 0.15) is 0 Å². The molecule has 0 fully saturated rings. The zero-order valence-electron chi connectivity index (χ0n) is 10.7. The van der Waals surface area contributed by atoms with Crippen molar-refractivity contribution in [1.29, 1.82) is 0 Å². The van der Waals surface area contributed by atoms with Crippen LogP contribution in [0.5, 0.6) is 11.5 Å². The van der Waals surface area contributed by atoms with Crippen molar-refractivity contribution in [2.45, 2.75) is 6.42 Å². The molecule has 0 aliphatic carbocycles. The molecule has 5 nitrogen and oxygen atoms in total. The first-order chi connectivity index (χ1) is 9.56. The smallest absolute Gasteiger partial charge is 0.258 e. The first kappa shape index (κ1) is 12.3. The molecule has 102 valence electrons. The van der Waals surface area contributed by atoms with E-state index < -0.39 is 0 Å². The monoisotopic (exact) mass is 270 g/mol. The number of benzene rings is 2. The fraction of sp³-hybridized carbons (Fsp3) is 0.133. The molecule has 0 saturated heterocycles. The lowest BCUT2D eigenvalue weighted by Crippen LogP contribution is -2.28. The van der Waals surface area contributed by atoms with Gasteiger partial charge >= 0.3 is 0 Å². The zero-order chi connectivity index (χ0) is 14.3. The van der Waals surface area contributed by atoms with Crippen molar-refractivity contribution in [1.82, 2.24) is 0 Å². The van der Waals surface area contributed by atoms with Gasteiger partial charge in [0.2, 0.25) is 0 Å². The van der Waals surface area contributed by atoms with Crippen LogP contribution in [0.4, 0.5) is 11.4 Å². The van der Waals surface area contributed by atoms with E-state index in [0.29, 0.717) is 17.8 Å². The molecule has 0 radical (unpaired) electrons. The van der Waals surface area contributed by atoms with E-state index in [1.54, 1.807) is 11.0 Å². The summed E-state index contributed by atoms with van der Waals surface area (Å²) in [6.45, 7) is 0.583. The van der Waals surface area contributed by atoms with Gasteiger partial charge in [-0.2, -0.15) is 0 Å². The number of nitrogen functional groups attached to an aromatic ring is 1. The highest BCUT2D eigenvalue weighted by Crippen LogP contribution is 2.32. The predicted molar refractivity (Wildman–Crippen MR) is 76.0 cm³/mol. The van der Waals surface area contributed by atoms with Crippen LogP contribution in [-0.2, 0) is 6.42 Å². The molecule has 1 amide bonds. The number of hydrogen-bond donors (Lipinski definition) is 3. The number of anilines is 2. The van der Waals surface area contributed by atoms with Crippen LogP contribution in [0.2, 0.25) is 0 Å². The number of phenols is 2. The van der Waals surface area contributed by atoms with Gasteiger partial charge in [0.05, 0.1) is 0 Å². The first-order valence-corrected chi connectivity index (χ1v) is 6.28. The number of fused-ring (bicyclic) bond motifs is 1. The van der Waals surface area contributed by atoms with Gasteiger partial charge in [-0.25, -0.2) is 0 Å². The zero-order valence-corrected chi connectivity index (χ0v) is 10.7. The quantitative estimate of drug-likeness (QED) is 0.545. The van der Waals surface area contributed by atoms with Crippen LogP contribution in [0, 0.1) is 0 Å². The highest BCUT2D eigenvalue weighted by Gasteiger charge is 2.26. The molecule has 1 aliphatic heterocycles. The number of nitrogens with two attached hydrogens (primary N) is 1. The minimum Gasteiger partial charge on any atom is -0.504 e. The standard InChI is InChI=1S/C15H14N2O3/c16-11-2-3-12-9(7-11)5-6-17(12)15(20)10-1-4-13(18)14(19)8-10/h1-4,7-8,18-19H,5-6,16H2. The summed E-state index contributed by atoms with van der Waals surface area (Å²) in [7, 11) is 0. The second-order valence-corrected chi connectivity index (χ2v) is 4.80. The van der Waals surface area contributed by atoms with Crippen LogP contribution in [0.25, 0.3) is 0 Å². The first-order valence-electron chi connectivity index (χ1n) is 6.28. The number of phenolic OH excluding ortho intramolecular Hbond substituents is 2. The molecular formula is C15H14N2O3. The molecule has 3 rings (SSSR count). The molecule has 1 aliphatic rings. The van der Waals surface area contributed by atoms with Crippen LogP contribution < -0.4 is 10.6 Å². The number of rotatable bonds is 1. The van der Waals surface area contributed by atoms with Crippen LogP contribution in [0.3, 0.4) is 0 Å². The molecule has 2 aromatic carbocycles. The largest absolute Gasteiger partial charge is 0.504 e. The van der Waals surface area contributed by atoms with Crippen LogP contribution in [0.15, 0.2) is 36.4 Å². The Hall–Kier alpha value is -2.69. The van der Waals surface area contributed by atoms with Gasteiger partial charge in [-0.05, 0) is 48.4 Å². The Morgan fingerprint density at radius 1 is 1.10 bits per heavy atom. The summed E-state index contributed by atoms with van der Waals surface area (Å²) in [4.78, 5) is 14.1. The summed E-state index contributed by atoms with van der Waals surface area (Å²) in [6.07, 6.45) is 0.760. The van der Waals surface area contributed by atoms with E-state index >= 15 is 0 Å². The van der Waals surface area contributed by atoms with Crippen molar-refractivity contribution in [2.24, 2.45) is 0 Å². The van der Waals surface area contributed by atoms with E-state index in [4.69, 9.17) is 5.73 Å². The highest BCUT2D eigenvalue weighted by molar-refractivity contribution is 6.07. The highest BCUT2D eigenvalue weighted by atomic mass is 16.3. The third kappa shape index (κ3) is 1.93. The van der Waals surface area contributed by atoms with Gasteiger partial charge in [-0.15, -0.1) is 0 Å². The summed E-state index contributed by atoms with van der Waals surface area (Å²) >= 11 is 0. The van der Waals surface area contributed by atoms with Gasteiger partial charge in [0, 0.05) is 23.5 Å². The molecule has 0 atom stereocenters. The molecule has 20 heavy (non-hydrogen) atoms. The summed E-state index contributed by atoms with van der Waals surface area (Å²) in [6, 6.07) is 9.54. The number of amides is 1. The maximum Gasteiger partial charge on any atom is 0.258 e. The van der Waals surface area contributed by atoms with Crippen LogP contribution in [0.1, 0.15) is 15.9 Å². The van der Waals surface area contributed by atoms with E-state index in [1.807, 2.05) is 12.1 Å². The van der Waals surface area contributed by atoms with E-state index in [1.165, 1.54) is 18.2 Å².